The van der Waals surface area contributed by atoms with Crippen LogP contribution in [0.1, 0.15) is 25.0 Å². The van der Waals surface area contributed by atoms with Crippen molar-refractivity contribution in [3.8, 4) is 16.9 Å². The van der Waals surface area contributed by atoms with E-state index in [1.165, 1.54) is 10.7 Å². The van der Waals surface area contributed by atoms with Crippen LogP contribution in [-0.4, -0.2) is 62.4 Å². The van der Waals surface area contributed by atoms with E-state index in [4.69, 9.17) is 4.74 Å². The van der Waals surface area contributed by atoms with Gasteiger partial charge in [0.1, 0.15) is 5.75 Å². The lowest BCUT2D eigenvalue weighted by atomic mass is 10.1. The summed E-state index contributed by atoms with van der Waals surface area (Å²) in [4.78, 5) is 37.8. The van der Waals surface area contributed by atoms with Gasteiger partial charge < -0.3 is 14.5 Å². The monoisotopic (exact) mass is 536 g/mol. The second-order valence-electron chi connectivity index (χ2n) is 9.89. The second-order valence-corrected chi connectivity index (χ2v) is 9.89. The first-order valence-electron chi connectivity index (χ1n) is 12.7. The Kier molecular flexibility index (Phi) is 7.07. The summed E-state index contributed by atoms with van der Waals surface area (Å²) in [5.41, 5.74) is 3.49. The second kappa shape index (κ2) is 10.5. The van der Waals surface area contributed by atoms with Gasteiger partial charge in [0.15, 0.2) is 0 Å². The number of aromatic nitrogens is 4. The van der Waals surface area contributed by atoms with Gasteiger partial charge >= 0.3 is 6.61 Å². The molecule has 2 aromatic heterocycles. The maximum atomic E-state index is 13.0. The van der Waals surface area contributed by atoms with Crippen molar-refractivity contribution in [2.75, 3.05) is 24.5 Å². The molecule has 39 heavy (non-hydrogen) atoms. The van der Waals surface area contributed by atoms with E-state index in [0.717, 1.165) is 16.7 Å². The molecular weight excluding hydrogens is 506 g/mol. The molecule has 0 spiro atoms. The van der Waals surface area contributed by atoms with Crippen molar-refractivity contribution in [2.24, 2.45) is 7.05 Å². The van der Waals surface area contributed by atoms with Crippen molar-refractivity contribution in [1.29, 1.82) is 0 Å². The number of rotatable bonds is 6. The van der Waals surface area contributed by atoms with E-state index >= 15 is 0 Å². The van der Waals surface area contributed by atoms with E-state index < -0.39 is 6.61 Å². The van der Waals surface area contributed by atoms with Crippen LogP contribution in [0, 0.1) is 6.92 Å². The van der Waals surface area contributed by atoms with E-state index in [2.05, 4.69) is 14.9 Å². The Morgan fingerprint density at radius 2 is 1.85 bits per heavy atom. The van der Waals surface area contributed by atoms with Crippen molar-refractivity contribution in [3.63, 3.8) is 0 Å². The first-order valence-corrected chi connectivity index (χ1v) is 12.7. The predicted octanol–water partition coefficient (Wildman–Crippen LogP) is 3.81. The summed E-state index contributed by atoms with van der Waals surface area (Å²) in [6.07, 6.45) is 3.48. The highest BCUT2D eigenvalue weighted by Gasteiger charge is 2.26. The average molecular weight is 537 g/mol. The normalized spacial score (nSPS) is 15.8. The number of halogens is 2. The SMILES string of the molecule is CC(=O)N1CCN(c2ncc(-c3ccc4c(=O)n(C)n(Cc5cc(C)ccc5OC(F)F)c4c3)cn2)CC1C. The summed E-state index contributed by atoms with van der Waals surface area (Å²) < 4.78 is 34.0. The maximum absolute atomic E-state index is 13.0. The van der Waals surface area contributed by atoms with Crippen LogP contribution in [0.5, 0.6) is 5.75 Å². The average Bonchev–Trinajstić information content (AvgIpc) is 3.14. The molecule has 2 aromatic carbocycles. The fraction of sp³-hybridized carbons (Fsp3) is 0.357. The highest BCUT2D eigenvalue weighted by molar-refractivity contribution is 5.84. The molecule has 3 heterocycles. The number of ether oxygens (including phenoxy) is 1. The van der Waals surface area contributed by atoms with Crippen molar-refractivity contribution < 1.29 is 18.3 Å². The number of aryl methyl sites for hydroxylation is 1. The third-order valence-electron chi connectivity index (χ3n) is 7.20. The number of carbonyl (C=O) groups is 1. The molecule has 5 rings (SSSR count). The van der Waals surface area contributed by atoms with Gasteiger partial charge in [-0.05, 0) is 37.6 Å². The summed E-state index contributed by atoms with van der Waals surface area (Å²) in [5, 5.41) is 0.514. The molecule has 1 fully saturated rings. The van der Waals surface area contributed by atoms with E-state index in [1.54, 1.807) is 49.2 Å². The summed E-state index contributed by atoms with van der Waals surface area (Å²) >= 11 is 0. The summed E-state index contributed by atoms with van der Waals surface area (Å²) in [5.74, 6) is 0.731. The fourth-order valence-corrected chi connectivity index (χ4v) is 5.19. The zero-order chi connectivity index (χ0) is 27.8. The van der Waals surface area contributed by atoms with Crippen LogP contribution in [0.25, 0.3) is 22.0 Å². The number of alkyl halides is 2. The van der Waals surface area contributed by atoms with Crippen LogP contribution in [0.15, 0.2) is 53.6 Å². The number of piperazine rings is 1. The highest BCUT2D eigenvalue weighted by Crippen LogP contribution is 2.27. The van der Waals surface area contributed by atoms with Gasteiger partial charge in [-0.2, -0.15) is 8.78 Å². The molecule has 1 unspecified atom stereocenters. The molecule has 0 bridgehead atoms. The molecule has 1 aliphatic rings. The third kappa shape index (κ3) is 5.21. The Morgan fingerprint density at radius 1 is 1.10 bits per heavy atom. The van der Waals surface area contributed by atoms with Crippen molar-refractivity contribution >= 4 is 22.8 Å². The van der Waals surface area contributed by atoms with Crippen molar-refractivity contribution in [3.05, 3.63) is 70.3 Å². The number of hydrogen-bond donors (Lipinski definition) is 0. The van der Waals surface area contributed by atoms with Crippen molar-refractivity contribution in [1.82, 2.24) is 24.2 Å². The van der Waals surface area contributed by atoms with E-state index in [-0.39, 0.29) is 29.8 Å². The van der Waals surface area contributed by atoms with Crippen molar-refractivity contribution in [2.45, 2.75) is 40.0 Å². The maximum Gasteiger partial charge on any atom is 0.387 e. The van der Waals surface area contributed by atoms with Crippen LogP contribution in [-0.2, 0) is 18.4 Å². The molecule has 0 saturated carbocycles. The molecule has 204 valence electrons. The van der Waals surface area contributed by atoms with Gasteiger partial charge in [0.2, 0.25) is 11.9 Å². The molecule has 4 aromatic rings. The largest absolute Gasteiger partial charge is 0.434 e. The van der Waals surface area contributed by atoms with E-state index in [1.807, 2.05) is 30.9 Å². The number of hydrogen-bond acceptors (Lipinski definition) is 6. The Labute approximate surface area is 224 Å². The molecular formula is C28H30F2N6O3. The first-order chi connectivity index (χ1) is 18.6. The molecule has 0 aliphatic carbocycles. The quantitative estimate of drug-likeness (QED) is 0.373. The Balaban J connectivity index is 1.45. The number of amides is 1. The van der Waals surface area contributed by atoms with Gasteiger partial charge in [-0.1, -0.05) is 23.8 Å². The first kappa shape index (κ1) is 26.3. The molecule has 1 amide bonds. The van der Waals surface area contributed by atoms with Gasteiger partial charge in [0.25, 0.3) is 5.56 Å². The topological polar surface area (TPSA) is 85.5 Å². The lowest BCUT2D eigenvalue weighted by molar-refractivity contribution is -0.131. The van der Waals surface area contributed by atoms with Crippen LogP contribution >= 0.6 is 0 Å². The molecule has 11 heteroatoms. The Hall–Kier alpha value is -4.28. The van der Waals surface area contributed by atoms with Gasteiger partial charge in [0.05, 0.1) is 17.4 Å². The van der Waals surface area contributed by atoms with Gasteiger partial charge in [-0.25, -0.2) is 9.97 Å². The Bertz CT molecular complexity index is 1580. The Morgan fingerprint density at radius 3 is 2.51 bits per heavy atom. The minimum absolute atomic E-state index is 0.0633. The molecule has 1 atom stereocenters. The minimum Gasteiger partial charge on any atom is -0.434 e. The molecule has 0 radical (unpaired) electrons. The predicted molar refractivity (Wildman–Crippen MR) is 144 cm³/mol. The lowest BCUT2D eigenvalue weighted by Gasteiger charge is -2.39. The number of fused-ring (bicyclic) bond motifs is 1. The number of benzene rings is 2. The third-order valence-corrected chi connectivity index (χ3v) is 7.20. The van der Waals surface area contributed by atoms with Crippen LogP contribution in [0.4, 0.5) is 14.7 Å². The molecule has 1 saturated heterocycles. The zero-order valence-electron chi connectivity index (χ0n) is 22.3. The lowest BCUT2D eigenvalue weighted by Crippen LogP contribution is -2.53. The number of anilines is 1. The van der Waals surface area contributed by atoms with E-state index in [0.29, 0.717) is 42.0 Å². The summed E-state index contributed by atoms with van der Waals surface area (Å²) in [6.45, 7) is 4.60. The van der Waals surface area contributed by atoms with Crippen LogP contribution in [0.3, 0.4) is 0 Å². The van der Waals surface area contributed by atoms with Gasteiger partial charge in [-0.15, -0.1) is 0 Å². The number of carbonyl (C=O) groups excluding carboxylic acids is 1. The molecule has 9 nitrogen and oxygen atoms in total. The molecule has 0 N–H and O–H groups in total. The van der Waals surface area contributed by atoms with Gasteiger partial charge in [0, 0.05) is 63.2 Å². The molecule has 1 aliphatic heterocycles. The smallest absolute Gasteiger partial charge is 0.387 e. The highest BCUT2D eigenvalue weighted by atomic mass is 19.3. The van der Waals surface area contributed by atoms with E-state index in [9.17, 15) is 18.4 Å². The summed E-state index contributed by atoms with van der Waals surface area (Å²) in [6, 6.07) is 10.6. The minimum atomic E-state index is -2.95. The fourth-order valence-electron chi connectivity index (χ4n) is 5.19. The summed E-state index contributed by atoms with van der Waals surface area (Å²) in [7, 11) is 1.65. The van der Waals surface area contributed by atoms with Crippen LogP contribution < -0.4 is 15.2 Å². The van der Waals surface area contributed by atoms with Crippen LogP contribution in [0.2, 0.25) is 0 Å². The zero-order valence-corrected chi connectivity index (χ0v) is 22.3. The van der Waals surface area contributed by atoms with Gasteiger partial charge in [-0.3, -0.25) is 19.0 Å². The standard InChI is InChI=1S/C28H30F2N6O3/c1-17-5-8-25(39-27(29)30)21(11-17)16-36-24-12-20(6-7-23(24)26(38)33(36)4)22-13-31-28(32-14-22)34-9-10-35(19(3)37)18(2)15-34/h5-8,11-14,18,27H,9-10,15-16H2,1-4H3. The number of nitrogens with zero attached hydrogens (tertiary/aromatic N) is 6.